The molecule has 1 aromatic rings. The Balaban J connectivity index is 2.24. The molecule has 0 bridgehead atoms. The van der Waals surface area contributed by atoms with E-state index in [9.17, 15) is 0 Å². The van der Waals surface area contributed by atoms with Gasteiger partial charge in [-0.15, -0.1) is 0 Å². The highest BCUT2D eigenvalue weighted by Crippen LogP contribution is 2.23. The van der Waals surface area contributed by atoms with E-state index < -0.39 is 0 Å². The molecular formula is C16H29N. The van der Waals surface area contributed by atoms with Crippen molar-refractivity contribution in [1.29, 1.82) is 0 Å². The second kappa shape index (κ2) is 8.38. The van der Waals surface area contributed by atoms with E-state index in [-0.39, 0.29) is 0 Å². The fourth-order valence-electron chi connectivity index (χ4n) is 2.40. The highest BCUT2D eigenvalue weighted by atomic mass is 14.6. The van der Waals surface area contributed by atoms with Gasteiger partial charge in [0.25, 0.3) is 0 Å². The summed E-state index contributed by atoms with van der Waals surface area (Å²) < 4.78 is 0. The molecule has 0 saturated carbocycles. The number of H-pyrrole nitrogens is 1. The predicted molar refractivity (Wildman–Crippen MR) is 76.6 cm³/mol. The van der Waals surface area contributed by atoms with E-state index >= 15 is 0 Å². The third-order valence-corrected chi connectivity index (χ3v) is 3.81. The summed E-state index contributed by atoms with van der Waals surface area (Å²) in [7, 11) is 0. The summed E-state index contributed by atoms with van der Waals surface area (Å²) in [6, 6.07) is 0. The molecule has 1 N–H and O–H groups in total. The fourth-order valence-corrected chi connectivity index (χ4v) is 2.40. The summed E-state index contributed by atoms with van der Waals surface area (Å²) >= 11 is 0. The molecule has 0 saturated heterocycles. The average Bonchev–Trinajstić information content (AvgIpc) is 2.81. The van der Waals surface area contributed by atoms with Crippen LogP contribution in [0.15, 0.2) is 12.4 Å². The molecule has 0 aliphatic carbocycles. The number of aryl methyl sites for hydroxylation is 1. The maximum absolute atomic E-state index is 3.27. The lowest BCUT2D eigenvalue weighted by Gasteiger charge is -2.09. The molecule has 98 valence electrons. The molecular weight excluding hydrogens is 206 g/mol. The minimum Gasteiger partial charge on any atom is -0.367 e. The van der Waals surface area contributed by atoms with E-state index in [1.54, 1.807) is 11.1 Å². The molecule has 1 rings (SSSR count). The number of nitrogens with one attached hydrogen (secondary N) is 1. The Morgan fingerprint density at radius 3 is 2.41 bits per heavy atom. The number of hydrogen-bond donors (Lipinski definition) is 1. The fraction of sp³-hybridized carbons (Fsp3) is 0.750. The van der Waals surface area contributed by atoms with Gasteiger partial charge >= 0.3 is 0 Å². The number of rotatable bonds is 9. The molecule has 0 spiro atoms. The van der Waals surface area contributed by atoms with Crippen LogP contribution in [-0.2, 0) is 6.42 Å². The first kappa shape index (κ1) is 14.3. The van der Waals surface area contributed by atoms with E-state index in [1.807, 2.05) is 0 Å². The largest absolute Gasteiger partial charge is 0.367 e. The van der Waals surface area contributed by atoms with Crippen LogP contribution < -0.4 is 0 Å². The van der Waals surface area contributed by atoms with Gasteiger partial charge in [0.05, 0.1) is 0 Å². The van der Waals surface area contributed by atoms with E-state index in [0.717, 1.165) is 0 Å². The van der Waals surface area contributed by atoms with E-state index in [4.69, 9.17) is 0 Å². The van der Waals surface area contributed by atoms with Gasteiger partial charge in [0.1, 0.15) is 0 Å². The summed E-state index contributed by atoms with van der Waals surface area (Å²) in [6.45, 7) is 6.87. The van der Waals surface area contributed by atoms with Gasteiger partial charge in [0.15, 0.2) is 0 Å². The quantitative estimate of drug-likeness (QED) is 0.549. The van der Waals surface area contributed by atoms with E-state index in [0.29, 0.717) is 5.92 Å². The lowest BCUT2D eigenvalue weighted by Crippen LogP contribution is -1.95. The normalized spacial score (nSPS) is 12.9. The SMILES string of the molecule is CCCCCCCCc1c[nH]cc1C(C)CC. The Morgan fingerprint density at radius 1 is 1.00 bits per heavy atom. The van der Waals surface area contributed by atoms with Crippen LogP contribution in [0.3, 0.4) is 0 Å². The zero-order valence-corrected chi connectivity index (χ0v) is 11.9. The Labute approximate surface area is 107 Å². The van der Waals surface area contributed by atoms with Gasteiger partial charge in [-0.2, -0.15) is 0 Å². The number of unbranched alkanes of at least 4 members (excludes halogenated alkanes) is 5. The summed E-state index contributed by atoms with van der Waals surface area (Å²) in [5.41, 5.74) is 3.09. The van der Waals surface area contributed by atoms with Crippen molar-refractivity contribution in [3.05, 3.63) is 23.5 Å². The third-order valence-electron chi connectivity index (χ3n) is 3.81. The first-order valence-electron chi connectivity index (χ1n) is 7.45. The average molecular weight is 235 g/mol. The van der Waals surface area contributed by atoms with Crippen LogP contribution in [0.25, 0.3) is 0 Å². The van der Waals surface area contributed by atoms with Crippen molar-refractivity contribution >= 4 is 0 Å². The second-order valence-electron chi connectivity index (χ2n) is 5.26. The molecule has 17 heavy (non-hydrogen) atoms. The standard InChI is InChI=1S/C16H29N/c1-4-6-7-8-9-10-11-15-12-17-13-16(15)14(3)5-2/h12-14,17H,4-11H2,1-3H3. The number of hydrogen-bond acceptors (Lipinski definition) is 0. The van der Waals surface area contributed by atoms with Crippen LogP contribution in [0.2, 0.25) is 0 Å². The van der Waals surface area contributed by atoms with E-state index in [1.165, 1.54) is 51.4 Å². The number of aromatic nitrogens is 1. The Kier molecular flexibility index (Phi) is 7.07. The first-order chi connectivity index (χ1) is 8.29. The van der Waals surface area contributed by atoms with Crippen LogP contribution in [0, 0.1) is 0 Å². The van der Waals surface area contributed by atoms with Crippen molar-refractivity contribution in [3.8, 4) is 0 Å². The molecule has 1 atom stereocenters. The summed E-state index contributed by atoms with van der Waals surface area (Å²) in [6.07, 6.45) is 15.2. The highest BCUT2D eigenvalue weighted by Gasteiger charge is 2.09. The molecule has 0 amide bonds. The van der Waals surface area contributed by atoms with E-state index in [2.05, 4.69) is 38.1 Å². The first-order valence-corrected chi connectivity index (χ1v) is 7.45. The van der Waals surface area contributed by atoms with Crippen LogP contribution in [0.1, 0.15) is 82.8 Å². The van der Waals surface area contributed by atoms with Crippen LogP contribution in [-0.4, -0.2) is 4.98 Å². The molecule has 1 heterocycles. The molecule has 0 radical (unpaired) electrons. The van der Waals surface area contributed by atoms with Gasteiger partial charge in [0, 0.05) is 12.4 Å². The van der Waals surface area contributed by atoms with Crippen molar-refractivity contribution in [1.82, 2.24) is 4.98 Å². The third kappa shape index (κ3) is 4.97. The molecule has 0 aliphatic heterocycles. The summed E-state index contributed by atoms with van der Waals surface area (Å²) in [5.74, 6) is 0.705. The second-order valence-corrected chi connectivity index (χ2v) is 5.26. The van der Waals surface area contributed by atoms with Crippen molar-refractivity contribution in [2.45, 2.75) is 78.1 Å². The molecule has 0 fully saturated rings. The molecule has 1 unspecified atom stereocenters. The molecule has 1 nitrogen and oxygen atoms in total. The summed E-state index contributed by atoms with van der Waals surface area (Å²) in [5, 5.41) is 0. The Morgan fingerprint density at radius 2 is 1.71 bits per heavy atom. The van der Waals surface area contributed by atoms with Gasteiger partial charge in [-0.3, -0.25) is 0 Å². The Hall–Kier alpha value is -0.720. The molecule has 0 aromatic carbocycles. The zero-order chi connectivity index (χ0) is 12.5. The Bertz CT molecular complexity index is 287. The van der Waals surface area contributed by atoms with Crippen molar-refractivity contribution in [3.63, 3.8) is 0 Å². The van der Waals surface area contributed by atoms with Crippen LogP contribution in [0.4, 0.5) is 0 Å². The minimum absolute atomic E-state index is 0.705. The van der Waals surface area contributed by atoms with Crippen molar-refractivity contribution in [2.24, 2.45) is 0 Å². The van der Waals surface area contributed by atoms with Gasteiger partial charge in [-0.05, 0) is 36.3 Å². The van der Waals surface area contributed by atoms with Gasteiger partial charge in [0.2, 0.25) is 0 Å². The number of aromatic amines is 1. The lowest BCUT2D eigenvalue weighted by molar-refractivity contribution is 0.605. The maximum Gasteiger partial charge on any atom is 0.00429 e. The highest BCUT2D eigenvalue weighted by molar-refractivity contribution is 5.26. The molecule has 1 aromatic heterocycles. The topological polar surface area (TPSA) is 15.8 Å². The maximum atomic E-state index is 3.27. The predicted octanol–water partition coefficient (Wildman–Crippen LogP) is 5.43. The lowest BCUT2D eigenvalue weighted by atomic mass is 9.95. The smallest absolute Gasteiger partial charge is 0.00429 e. The van der Waals surface area contributed by atoms with Gasteiger partial charge < -0.3 is 4.98 Å². The van der Waals surface area contributed by atoms with Crippen molar-refractivity contribution < 1.29 is 0 Å². The van der Waals surface area contributed by atoms with Gasteiger partial charge in [-0.25, -0.2) is 0 Å². The monoisotopic (exact) mass is 235 g/mol. The van der Waals surface area contributed by atoms with Crippen molar-refractivity contribution in [2.75, 3.05) is 0 Å². The molecule has 1 heteroatoms. The minimum atomic E-state index is 0.705. The summed E-state index contributed by atoms with van der Waals surface area (Å²) in [4.78, 5) is 3.27. The molecule has 0 aliphatic rings. The van der Waals surface area contributed by atoms with Crippen LogP contribution >= 0.6 is 0 Å². The van der Waals surface area contributed by atoms with Crippen LogP contribution in [0.5, 0.6) is 0 Å². The van der Waals surface area contributed by atoms with Gasteiger partial charge in [-0.1, -0.05) is 52.9 Å². The zero-order valence-electron chi connectivity index (χ0n) is 11.9.